The molecule has 20 heavy (non-hydrogen) atoms. The average molecular weight is 319 g/mol. The van der Waals surface area contributed by atoms with Gasteiger partial charge in [-0.25, -0.2) is 0 Å². The Bertz CT molecular complexity index is 508. The number of halogens is 1. The summed E-state index contributed by atoms with van der Waals surface area (Å²) in [4.78, 5) is 22.1. The second-order valence-electron chi connectivity index (χ2n) is 4.14. The summed E-state index contributed by atoms with van der Waals surface area (Å²) in [6.45, 7) is 1.71. The van der Waals surface area contributed by atoms with Gasteiger partial charge in [0.05, 0.1) is 22.1 Å². The molecule has 110 valence electrons. The van der Waals surface area contributed by atoms with Gasteiger partial charge in [0.25, 0.3) is 11.6 Å². The van der Waals surface area contributed by atoms with Crippen molar-refractivity contribution in [1.29, 1.82) is 0 Å². The molecule has 0 radical (unpaired) electrons. The first-order chi connectivity index (χ1) is 9.40. The molecule has 0 spiro atoms. The quantitative estimate of drug-likeness (QED) is 0.619. The number of nitrogens with one attached hydrogen (secondary N) is 1. The van der Waals surface area contributed by atoms with Gasteiger partial charge in [0.1, 0.15) is 0 Å². The van der Waals surface area contributed by atoms with Crippen LogP contribution in [0.15, 0.2) is 18.2 Å². The maximum Gasteiger partial charge on any atom is 0.270 e. The maximum atomic E-state index is 12.0. The van der Waals surface area contributed by atoms with Gasteiger partial charge in [-0.05, 0) is 19.2 Å². The number of hydrogen-bond donors (Lipinski definition) is 2. The third kappa shape index (κ3) is 4.09. The lowest BCUT2D eigenvalue weighted by molar-refractivity contribution is -0.384. The summed E-state index contributed by atoms with van der Waals surface area (Å²) in [6, 6.07) is 3.42. The van der Waals surface area contributed by atoms with Crippen molar-refractivity contribution in [1.82, 2.24) is 5.32 Å². The van der Waals surface area contributed by atoms with E-state index in [2.05, 4.69) is 5.32 Å². The lowest BCUT2D eigenvalue weighted by Gasteiger charge is -2.21. The molecule has 0 fully saturated rings. The highest BCUT2D eigenvalue weighted by Gasteiger charge is 2.20. The number of carbonyl (C=O) groups excluding carboxylic acids is 1. The molecule has 0 saturated carbocycles. The van der Waals surface area contributed by atoms with E-state index in [1.54, 1.807) is 6.92 Å². The normalized spacial score (nSPS) is 13.6. The van der Waals surface area contributed by atoms with Gasteiger partial charge in [-0.3, -0.25) is 14.9 Å². The Balaban J connectivity index is 2.85. The summed E-state index contributed by atoms with van der Waals surface area (Å²) in [6.07, 6.45) is 1.84. The first-order valence-corrected chi connectivity index (χ1v) is 7.45. The van der Waals surface area contributed by atoms with Crippen LogP contribution in [-0.4, -0.2) is 40.1 Å². The van der Waals surface area contributed by atoms with Crippen LogP contribution in [0.25, 0.3) is 0 Å². The number of nitro benzene ring substituents is 1. The smallest absolute Gasteiger partial charge is 0.270 e. The number of benzene rings is 1. The molecule has 1 aromatic rings. The molecule has 0 aromatic heterocycles. The van der Waals surface area contributed by atoms with Crippen LogP contribution in [0.3, 0.4) is 0 Å². The van der Waals surface area contributed by atoms with Crippen LogP contribution in [0.2, 0.25) is 5.02 Å². The van der Waals surface area contributed by atoms with Crippen LogP contribution in [0, 0.1) is 10.1 Å². The van der Waals surface area contributed by atoms with Crippen molar-refractivity contribution in [2.75, 3.05) is 12.9 Å². The maximum absolute atomic E-state index is 12.0. The fraction of sp³-hybridized carbons (Fsp3) is 0.417. The van der Waals surface area contributed by atoms with Crippen LogP contribution in [0.1, 0.15) is 17.3 Å². The highest BCUT2D eigenvalue weighted by atomic mass is 35.5. The average Bonchev–Trinajstić information content (AvgIpc) is 2.39. The van der Waals surface area contributed by atoms with Gasteiger partial charge < -0.3 is 10.4 Å². The minimum atomic E-state index is -0.578. The number of carbonyl (C=O) groups is 1. The van der Waals surface area contributed by atoms with E-state index in [1.165, 1.54) is 23.9 Å². The molecule has 0 saturated heterocycles. The Morgan fingerprint density at radius 3 is 2.70 bits per heavy atom. The van der Waals surface area contributed by atoms with Crippen molar-refractivity contribution in [3.05, 3.63) is 38.9 Å². The monoisotopic (exact) mass is 318 g/mol. The molecule has 0 aliphatic heterocycles. The van der Waals surface area contributed by atoms with Crippen molar-refractivity contribution >= 4 is 35.0 Å². The zero-order valence-corrected chi connectivity index (χ0v) is 12.6. The molecule has 0 aliphatic rings. The molecule has 2 unspecified atom stereocenters. The predicted octanol–water partition coefficient (Wildman–Crippen LogP) is 2.09. The number of non-ortho nitro benzene ring substituents is 1. The highest BCUT2D eigenvalue weighted by Crippen LogP contribution is 2.22. The van der Waals surface area contributed by atoms with Crippen LogP contribution >= 0.6 is 23.4 Å². The third-order valence-electron chi connectivity index (χ3n) is 2.81. The standard InChI is InChI=1S/C12H15ClN2O4S/c1-7(11(6-16)20-2)14-12(17)9-4-3-8(15(18)19)5-10(9)13/h3-5,7,11,16H,6H2,1-2H3,(H,14,17). The van der Waals surface area contributed by atoms with Crippen molar-refractivity contribution in [3.63, 3.8) is 0 Å². The summed E-state index contributed by atoms with van der Waals surface area (Å²) in [5, 5.41) is 22.4. The molecule has 0 bridgehead atoms. The largest absolute Gasteiger partial charge is 0.395 e. The van der Waals surface area contributed by atoms with E-state index in [-0.39, 0.29) is 34.2 Å². The Morgan fingerprint density at radius 1 is 1.60 bits per heavy atom. The Hall–Kier alpha value is -1.31. The Labute approximate surface area is 125 Å². The minimum Gasteiger partial charge on any atom is -0.395 e. The molecule has 1 amide bonds. The van der Waals surface area contributed by atoms with Crippen LogP contribution in [0.4, 0.5) is 5.69 Å². The number of aliphatic hydroxyl groups excluding tert-OH is 1. The molecular formula is C12H15ClN2O4S. The first kappa shape index (κ1) is 16.7. The van der Waals surface area contributed by atoms with Gasteiger partial charge in [0.2, 0.25) is 0 Å². The number of thioether (sulfide) groups is 1. The van der Waals surface area contributed by atoms with Gasteiger partial charge in [0.15, 0.2) is 0 Å². The van der Waals surface area contributed by atoms with Crippen molar-refractivity contribution < 1.29 is 14.8 Å². The summed E-state index contributed by atoms with van der Waals surface area (Å²) in [5.41, 5.74) is -0.00106. The topological polar surface area (TPSA) is 92.5 Å². The molecule has 8 heteroatoms. The molecule has 6 nitrogen and oxygen atoms in total. The summed E-state index contributed by atoms with van der Waals surface area (Å²) in [5.74, 6) is -0.426. The summed E-state index contributed by atoms with van der Waals surface area (Å²) >= 11 is 7.32. The van der Waals surface area contributed by atoms with E-state index in [0.717, 1.165) is 6.07 Å². The zero-order valence-electron chi connectivity index (χ0n) is 11.0. The van der Waals surface area contributed by atoms with Gasteiger partial charge in [0, 0.05) is 23.4 Å². The number of nitro groups is 1. The second kappa shape index (κ2) is 7.47. The van der Waals surface area contributed by atoms with E-state index in [9.17, 15) is 14.9 Å². The Morgan fingerprint density at radius 2 is 2.25 bits per heavy atom. The van der Waals surface area contributed by atoms with Gasteiger partial charge >= 0.3 is 0 Å². The van der Waals surface area contributed by atoms with E-state index in [4.69, 9.17) is 16.7 Å². The van der Waals surface area contributed by atoms with Crippen LogP contribution in [-0.2, 0) is 0 Å². The zero-order chi connectivity index (χ0) is 15.3. The van der Waals surface area contributed by atoms with Crippen LogP contribution in [0.5, 0.6) is 0 Å². The van der Waals surface area contributed by atoms with Crippen molar-refractivity contribution in [3.8, 4) is 0 Å². The number of aliphatic hydroxyl groups is 1. The van der Waals surface area contributed by atoms with E-state index in [1.807, 2.05) is 6.26 Å². The molecule has 1 aromatic carbocycles. The minimum absolute atomic E-state index is 0.0219. The molecule has 1 rings (SSSR count). The first-order valence-electron chi connectivity index (χ1n) is 5.79. The molecule has 2 atom stereocenters. The van der Waals surface area contributed by atoms with E-state index < -0.39 is 10.8 Å². The van der Waals surface area contributed by atoms with Crippen molar-refractivity contribution in [2.45, 2.75) is 18.2 Å². The SMILES string of the molecule is CSC(CO)C(C)NC(=O)c1ccc([N+](=O)[O-])cc1Cl. The molecule has 2 N–H and O–H groups in total. The van der Waals surface area contributed by atoms with Crippen molar-refractivity contribution in [2.24, 2.45) is 0 Å². The number of hydrogen-bond acceptors (Lipinski definition) is 5. The second-order valence-corrected chi connectivity index (χ2v) is 5.62. The van der Waals surface area contributed by atoms with Gasteiger partial charge in [-0.15, -0.1) is 0 Å². The van der Waals surface area contributed by atoms with Gasteiger partial charge in [-0.2, -0.15) is 11.8 Å². The lowest BCUT2D eigenvalue weighted by atomic mass is 10.1. The number of nitrogens with zero attached hydrogens (tertiary/aromatic N) is 1. The lowest BCUT2D eigenvalue weighted by Crippen LogP contribution is -2.41. The summed E-state index contributed by atoms with van der Waals surface area (Å²) in [7, 11) is 0. The summed E-state index contributed by atoms with van der Waals surface area (Å²) < 4.78 is 0. The predicted molar refractivity (Wildman–Crippen MR) is 79.4 cm³/mol. The van der Waals surface area contributed by atoms with Gasteiger partial charge in [-0.1, -0.05) is 11.6 Å². The number of rotatable bonds is 6. The van der Waals surface area contributed by atoms with Crippen LogP contribution < -0.4 is 5.32 Å². The van der Waals surface area contributed by atoms with E-state index in [0.29, 0.717) is 0 Å². The highest BCUT2D eigenvalue weighted by molar-refractivity contribution is 7.99. The fourth-order valence-electron chi connectivity index (χ4n) is 1.62. The number of amides is 1. The Kier molecular flexibility index (Phi) is 6.25. The molecular weight excluding hydrogens is 304 g/mol. The molecule has 0 aliphatic carbocycles. The third-order valence-corrected chi connectivity index (χ3v) is 4.28. The fourth-order valence-corrected chi connectivity index (χ4v) is 2.50. The molecule has 0 heterocycles. The van der Waals surface area contributed by atoms with E-state index >= 15 is 0 Å².